The van der Waals surface area contributed by atoms with Gasteiger partial charge >= 0.3 is 0 Å². The number of hydrogen-bond donors (Lipinski definition) is 1. The summed E-state index contributed by atoms with van der Waals surface area (Å²) < 4.78 is 0. The molecule has 0 radical (unpaired) electrons. The minimum atomic E-state index is 0.262. The van der Waals surface area contributed by atoms with Crippen LogP contribution in [0.5, 0.6) is 0 Å². The van der Waals surface area contributed by atoms with Crippen LogP contribution in [0.3, 0.4) is 0 Å². The maximum atomic E-state index is 3.56. The molecule has 0 saturated carbocycles. The Balaban J connectivity index is 1.67. The molecule has 2 rings (SSSR count). The number of aryl methyl sites for hydroxylation is 3. The van der Waals surface area contributed by atoms with Crippen molar-refractivity contribution < 1.29 is 0 Å². The molecule has 0 fully saturated rings. The van der Waals surface area contributed by atoms with Gasteiger partial charge in [-0.25, -0.2) is 0 Å². The summed E-state index contributed by atoms with van der Waals surface area (Å²) in [5.74, 6) is 0. The molecule has 112 valence electrons. The van der Waals surface area contributed by atoms with Gasteiger partial charge in [0, 0.05) is 5.54 Å². The van der Waals surface area contributed by atoms with Crippen LogP contribution >= 0.6 is 0 Å². The van der Waals surface area contributed by atoms with Crippen LogP contribution in [0.2, 0.25) is 0 Å². The number of nitrogens with one attached hydrogen (secondary N) is 1. The molecule has 0 heterocycles. The molecule has 0 aliphatic heterocycles. The molecule has 0 amide bonds. The molecule has 1 nitrogen and oxygen atoms in total. The fourth-order valence-electron chi connectivity index (χ4n) is 3.04. The van der Waals surface area contributed by atoms with Crippen LogP contribution in [0.25, 0.3) is 0 Å². The van der Waals surface area contributed by atoms with Crippen LogP contribution < -0.4 is 5.32 Å². The fraction of sp³-hybridized carbons (Fsp3) is 0.684. The van der Waals surface area contributed by atoms with E-state index in [9.17, 15) is 0 Å². The highest BCUT2D eigenvalue weighted by molar-refractivity contribution is 5.33. The zero-order chi connectivity index (χ0) is 14.4. The molecule has 0 bridgehead atoms. The third kappa shape index (κ3) is 5.28. The van der Waals surface area contributed by atoms with Crippen LogP contribution in [0, 0.1) is 0 Å². The Morgan fingerprint density at radius 1 is 0.950 bits per heavy atom. The van der Waals surface area contributed by atoms with E-state index in [2.05, 4.69) is 44.3 Å². The molecule has 1 aliphatic rings. The average molecular weight is 273 g/mol. The van der Waals surface area contributed by atoms with E-state index < -0.39 is 0 Å². The van der Waals surface area contributed by atoms with Gasteiger partial charge in [0.2, 0.25) is 0 Å². The van der Waals surface area contributed by atoms with E-state index in [0.717, 1.165) is 6.54 Å². The first-order valence-electron chi connectivity index (χ1n) is 8.40. The molecule has 1 aromatic carbocycles. The van der Waals surface area contributed by atoms with Gasteiger partial charge < -0.3 is 5.32 Å². The highest BCUT2D eigenvalue weighted by atomic mass is 14.9. The van der Waals surface area contributed by atoms with E-state index >= 15 is 0 Å². The quantitative estimate of drug-likeness (QED) is 0.743. The Bertz CT molecular complexity index is 414. The van der Waals surface area contributed by atoms with Gasteiger partial charge in [0.1, 0.15) is 0 Å². The van der Waals surface area contributed by atoms with Gasteiger partial charge in [-0.1, -0.05) is 24.6 Å². The topological polar surface area (TPSA) is 12.0 Å². The standard InChI is InChI=1S/C19H31N/c1-19(2,3)20-14-8-4-5-9-16-12-13-17-10-6-7-11-18(17)15-16/h12-13,15,20H,4-11,14H2,1-3H3. The summed E-state index contributed by atoms with van der Waals surface area (Å²) >= 11 is 0. The highest BCUT2D eigenvalue weighted by Gasteiger charge is 2.09. The first-order valence-corrected chi connectivity index (χ1v) is 8.40. The minimum absolute atomic E-state index is 0.262. The van der Waals surface area contributed by atoms with Crippen LogP contribution in [0.15, 0.2) is 18.2 Å². The van der Waals surface area contributed by atoms with Crippen molar-refractivity contribution in [3.8, 4) is 0 Å². The predicted molar refractivity (Wildman–Crippen MR) is 88.4 cm³/mol. The number of hydrogen-bond acceptors (Lipinski definition) is 1. The maximum Gasteiger partial charge on any atom is 0.00965 e. The first kappa shape index (κ1) is 15.6. The summed E-state index contributed by atoms with van der Waals surface area (Å²) in [7, 11) is 0. The normalized spacial score (nSPS) is 15.2. The van der Waals surface area contributed by atoms with Gasteiger partial charge in [0.25, 0.3) is 0 Å². The van der Waals surface area contributed by atoms with E-state index in [1.807, 2.05) is 0 Å². The number of rotatable bonds is 6. The van der Waals surface area contributed by atoms with Gasteiger partial charge in [-0.2, -0.15) is 0 Å². The molecule has 1 aromatic rings. The smallest absolute Gasteiger partial charge is 0.00965 e. The zero-order valence-corrected chi connectivity index (χ0v) is 13.6. The van der Waals surface area contributed by atoms with E-state index in [-0.39, 0.29) is 5.54 Å². The third-order valence-electron chi connectivity index (χ3n) is 4.21. The molecular formula is C19H31N. The van der Waals surface area contributed by atoms with E-state index in [1.54, 1.807) is 16.7 Å². The summed E-state index contributed by atoms with van der Waals surface area (Å²) in [6.45, 7) is 7.86. The molecule has 0 aromatic heterocycles. The second-order valence-corrected chi connectivity index (χ2v) is 7.30. The van der Waals surface area contributed by atoms with Crippen molar-refractivity contribution in [3.05, 3.63) is 34.9 Å². The Morgan fingerprint density at radius 3 is 2.45 bits per heavy atom. The predicted octanol–water partition coefficient (Wildman–Crippen LogP) is 4.67. The molecule has 20 heavy (non-hydrogen) atoms. The Labute approximate surface area is 125 Å². The number of benzene rings is 1. The lowest BCUT2D eigenvalue weighted by Crippen LogP contribution is -2.36. The molecule has 1 heteroatoms. The summed E-state index contributed by atoms with van der Waals surface area (Å²) in [5.41, 5.74) is 5.05. The molecular weight excluding hydrogens is 242 g/mol. The monoisotopic (exact) mass is 273 g/mol. The number of fused-ring (bicyclic) bond motifs is 1. The molecule has 1 aliphatic carbocycles. The van der Waals surface area contributed by atoms with Crippen molar-refractivity contribution in [2.24, 2.45) is 0 Å². The van der Waals surface area contributed by atoms with E-state index in [0.29, 0.717) is 0 Å². The van der Waals surface area contributed by atoms with Crippen molar-refractivity contribution >= 4 is 0 Å². The van der Waals surface area contributed by atoms with Gasteiger partial charge in [-0.15, -0.1) is 0 Å². The lowest BCUT2D eigenvalue weighted by atomic mass is 9.89. The van der Waals surface area contributed by atoms with Gasteiger partial charge in [0.15, 0.2) is 0 Å². The largest absolute Gasteiger partial charge is 0.312 e. The first-order chi connectivity index (χ1) is 9.54. The lowest BCUT2D eigenvalue weighted by molar-refractivity contribution is 0.417. The van der Waals surface area contributed by atoms with Crippen LogP contribution in [-0.2, 0) is 19.3 Å². The summed E-state index contributed by atoms with van der Waals surface area (Å²) in [4.78, 5) is 0. The van der Waals surface area contributed by atoms with E-state index in [4.69, 9.17) is 0 Å². The van der Waals surface area contributed by atoms with E-state index in [1.165, 1.54) is 51.4 Å². The van der Waals surface area contributed by atoms with Gasteiger partial charge in [0.05, 0.1) is 0 Å². The molecule has 1 N–H and O–H groups in total. The lowest BCUT2D eigenvalue weighted by Gasteiger charge is -2.20. The minimum Gasteiger partial charge on any atom is -0.312 e. The van der Waals surface area contributed by atoms with Crippen molar-refractivity contribution in [2.45, 2.75) is 77.7 Å². The summed E-state index contributed by atoms with van der Waals surface area (Å²) in [6, 6.07) is 7.21. The second kappa shape index (κ2) is 7.26. The molecule has 0 unspecified atom stereocenters. The van der Waals surface area contributed by atoms with Crippen molar-refractivity contribution in [2.75, 3.05) is 6.54 Å². The van der Waals surface area contributed by atoms with Crippen molar-refractivity contribution in [3.63, 3.8) is 0 Å². The fourth-order valence-corrected chi connectivity index (χ4v) is 3.04. The van der Waals surface area contributed by atoms with Gasteiger partial charge in [-0.3, -0.25) is 0 Å². The van der Waals surface area contributed by atoms with Crippen molar-refractivity contribution in [1.29, 1.82) is 0 Å². The van der Waals surface area contributed by atoms with Crippen LogP contribution in [-0.4, -0.2) is 12.1 Å². The van der Waals surface area contributed by atoms with Gasteiger partial charge in [-0.05, 0) is 89.0 Å². The third-order valence-corrected chi connectivity index (χ3v) is 4.21. The second-order valence-electron chi connectivity index (χ2n) is 7.30. The molecule has 0 spiro atoms. The summed E-state index contributed by atoms with van der Waals surface area (Å²) in [6.07, 6.45) is 10.6. The Morgan fingerprint density at radius 2 is 1.70 bits per heavy atom. The maximum absolute atomic E-state index is 3.56. The SMILES string of the molecule is CC(C)(C)NCCCCCc1ccc2c(c1)CCCC2. The molecule has 0 atom stereocenters. The Kier molecular flexibility index (Phi) is 5.65. The highest BCUT2D eigenvalue weighted by Crippen LogP contribution is 2.22. The average Bonchev–Trinajstić information content (AvgIpc) is 2.41. The van der Waals surface area contributed by atoms with Crippen LogP contribution in [0.4, 0.5) is 0 Å². The Hall–Kier alpha value is -0.820. The molecule has 0 saturated heterocycles. The van der Waals surface area contributed by atoms with Crippen molar-refractivity contribution in [1.82, 2.24) is 5.32 Å². The zero-order valence-electron chi connectivity index (χ0n) is 13.6. The van der Waals surface area contributed by atoms with Crippen LogP contribution in [0.1, 0.15) is 69.6 Å². The summed E-state index contributed by atoms with van der Waals surface area (Å²) in [5, 5.41) is 3.56. The number of unbranched alkanes of at least 4 members (excludes halogenated alkanes) is 2.